The van der Waals surface area contributed by atoms with E-state index in [4.69, 9.17) is 0 Å². The molecule has 0 bridgehead atoms. The minimum atomic E-state index is -0.400. The van der Waals surface area contributed by atoms with Crippen molar-refractivity contribution in [1.29, 1.82) is 0 Å². The number of carbonyl (C=O) groups excluding carboxylic acids is 1. The molecule has 7 heteroatoms. The summed E-state index contributed by atoms with van der Waals surface area (Å²) in [5.74, 6) is 0. The van der Waals surface area contributed by atoms with E-state index in [-0.39, 0.29) is 17.8 Å². The molecule has 1 N–H and O–H groups in total. The maximum absolute atomic E-state index is 11.4. The van der Waals surface area contributed by atoms with Crippen molar-refractivity contribution in [2.24, 2.45) is 0 Å². The van der Waals surface area contributed by atoms with Gasteiger partial charge in [-0.25, -0.2) is 4.79 Å². The van der Waals surface area contributed by atoms with Crippen molar-refractivity contribution in [3.63, 3.8) is 0 Å². The first kappa shape index (κ1) is 14.1. The number of hydrogen-bond donors (Lipinski definition) is 1. The Morgan fingerprint density at radius 3 is 2.95 bits per heavy atom. The number of hydrogen-bond acceptors (Lipinski definition) is 5. The monoisotopic (exact) mass is 279 g/mol. The Kier molecular flexibility index (Phi) is 4.07. The molecule has 1 aliphatic heterocycles. The number of methoxy groups -OCH3 is 1. The number of amides is 1. The Labute approximate surface area is 116 Å². The summed E-state index contributed by atoms with van der Waals surface area (Å²) in [4.78, 5) is 23.6. The molecule has 20 heavy (non-hydrogen) atoms. The first-order valence-electron chi connectivity index (χ1n) is 6.35. The number of nitrogens with one attached hydrogen (secondary N) is 1. The van der Waals surface area contributed by atoms with Gasteiger partial charge in [-0.15, -0.1) is 0 Å². The van der Waals surface area contributed by atoms with Crippen molar-refractivity contribution in [2.75, 3.05) is 25.5 Å². The summed E-state index contributed by atoms with van der Waals surface area (Å²) in [5.41, 5.74) is 1.38. The molecular weight excluding hydrogens is 262 g/mol. The molecule has 1 atom stereocenters. The molecule has 108 valence electrons. The van der Waals surface area contributed by atoms with Gasteiger partial charge in [-0.05, 0) is 25.0 Å². The van der Waals surface area contributed by atoms with E-state index in [1.807, 2.05) is 13.0 Å². The molecule has 0 saturated carbocycles. The van der Waals surface area contributed by atoms with Gasteiger partial charge in [0.25, 0.3) is 5.69 Å². The van der Waals surface area contributed by atoms with E-state index in [1.165, 1.54) is 13.2 Å². The average Bonchev–Trinajstić information content (AvgIpc) is 2.88. The summed E-state index contributed by atoms with van der Waals surface area (Å²) in [7, 11) is 1.34. The molecule has 1 aliphatic rings. The first-order chi connectivity index (χ1) is 9.51. The second-order valence-corrected chi connectivity index (χ2v) is 4.82. The number of nitrogens with zero attached hydrogens (tertiary/aromatic N) is 2. The number of likely N-dealkylation sites (tertiary alicyclic amines) is 1. The lowest BCUT2D eigenvalue weighted by Crippen LogP contribution is -2.31. The lowest BCUT2D eigenvalue weighted by atomic mass is 10.1. The molecule has 0 aromatic heterocycles. The van der Waals surface area contributed by atoms with Gasteiger partial charge in [0.1, 0.15) is 5.69 Å². The van der Waals surface area contributed by atoms with Crippen LogP contribution in [-0.4, -0.2) is 42.2 Å². The number of anilines is 1. The van der Waals surface area contributed by atoms with E-state index < -0.39 is 4.92 Å². The molecule has 1 unspecified atom stereocenters. The third kappa shape index (κ3) is 2.98. The Morgan fingerprint density at radius 1 is 1.55 bits per heavy atom. The number of rotatable bonds is 3. The van der Waals surface area contributed by atoms with Crippen LogP contribution in [0.25, 0.3) is 0 Å². The van der Waals surface area contributed by atoms with Crippen molar-refractivity contribution in [1.82, 2.24) is 4.90 Å². The molecule has 0 radical (unpaired) electrons. The topological polar surface area (TPSA) is 84.7 Å². The van der Waals surface area contributed by atoms with Crippen molar-refractivity contribution in [2.45, 2.75) is 19.4 Å². The normalized spacial score (nSPS) is 17.9. The highest BCUT2D eigenvalue weighted by Crippen LogP contribution is 2.27. The van der Waals surface area contributed by atoms with Gasteiger partial charge in [-0.2, -0.15) is 0 Å². The van der Waals surface area contributed by atoms with Crippen LogP contribution in [0.15, 0.2) is 18.2 Å². The third-order valence-electron chi connectivity index (χ3n) is 3.33. The summed E-state index contributed by atoms with van der Waals surface area (Å²) in [6, 6.07) is 5.06. The lowest BCUT2D eigenvalue weighted by molar-refractivity contribution is -0.384. The largest absolute Gasteiger partial charge is 0.453 e. The number of benzene rings is 1. The molecular formula is C13H17N3O4. The SMILES string of the molecule is COC(=O)N1CCC(Nc2ccc(C)cc2[N+](=O)[O-])C1. The maximum Gasteiger partial charge on any atom is 0.409 e. The Morgan fingerprint density at radius 2 is 2.30 bits per heavy atom. The van der Waals surface area contributed by atoms with E-state index >= 15 is 0 Å². The van der Waals surface area contributed by atoms with Gasteiger partial charge >= 0.3 is 6.09 Å². The van der Waals surface area contributed by atoms with E-state index in [9.17, 15) is 14.9 Å². The Bertz CT molecular complexity index is 532. The molecule has 0 spiro atoms. The third-order valence-corrected chi connectivity index (χ3v) is 3.33. The summed E-state index contributed by atoms with van der Waals surface area (Å²) < 4.78 is 4.66. The van der Waals surface area contributed by atoms with Crippen molar-refractivity contribution < 1.29 is 14.5 Å². The zero-order valence-corrected chi connectivity index (χ0v) is 11.5. The molecule has 2 rings (SSSR count). The molecule has 7 nitrogen and oxygen atoms in total. The second-order valence-electron chi connectivity index (χ2n) is 4.82. The van der Waals surface area contributed by atoms with Crippen molar-refractivity contribution in [3.8, 4) is 0 Å². The lowest BCUT2D eigenvalue weighted by Gasteiger charge is -2.16. The molecule has 1 aromatic carbocycles. The number of nitro groups is 1. The quantitative estimate of drug-likeness (QED) is 0.677. The summed E-state index contributed by atoms with van der Waals surface area (Å²) in [6.45, 7) is 2.88. The molecule has 1 fully saturated rings. The highest BCUT2D eigenvalue weighted by atomic mass is 16.6. The van der Waals surface area contributed by atoms with Gasteiger partial charge in [0.05, 0.1) is 12.0 Å². The van der Waals surface area contributed by atoms with Gasteiger partial charge in [-0.3, -0.25) is 10.1 Å². The van der Waals surface area contributed by atoms with Gasteiger partial charge < -0.3 is 15.0 Å². The predicted octanol–water partition coefficient (Wildman–Crippen LogP) is 2.16. The number of carbonyl (C=O) groups is 1. The first-order valence-corrected chi connectivity index (χ1v) is 6.35. The number of nitro benzene ring substituents is 1. The van der Waals surface area contributed by atoms with Crippen LogP contribution in [0, 0.1) is 17.0 Å². The molecule has 1 amide bonds. The fourth-order valence-corrected chi connectivity index (χ4v) is 2.31. The summed E-state index contributed by atoms with van der Waals surface area (Å²) in [6.07, 6.45) is 0.368. The zero-order valence-electron chi connectivity index (χ0n) is 11.5. The zero-order chi connectivity index (χ0) is 14.7. The van der Waals surface area contributed by atoms with Crippen LogP contribution < -0.4 is 5.32 Å². The van der Waals surface area contributed by atoms with E-state index in [2.05, 4.69) is 10.1 Å². The van der Waals surface area contributed by atoms with Crippen LogP contribution in [0.5, 0.6) is 0 Å². The van der Waals surface area contributed by atoms with E-state index in [1.54, 1.807) is 11.0 Å². The minimum Gasteiger partial charge on any atom is -0.453 e. The van der Waals surface area contributed by atoms with Crippen LogP contribution in [0.2, 0.25) is 0 Å². The summed E-state index contributed by atoms with van der Waals surface area (Å²) in [5, 5.41) is 14.2. The van der Waals surface area contributed by atoms with Gasteiger partial charge in [0.15, 0.2) is 0 Å². The highest BCUT2D eigenvalue weighted by Gasteiger charge is 2.28. The van der Waals surface area contributed by atoms with Crippen LogP contribution >= 0.6 is 0 Å². The van der Waals surface area contributed by atoms with Crippen LogP contribution in [0.1, 0.15) is 12.0 Å². The maximum atomic E-state index is 11.4. The standard InChI is InChI=1S/C13H17N3O4/c1-9-3-4-11(12(7-9)16(18)19)14-10-5-6-15(8-10)13(17)20-2/h3-4,7,10,14H,5-6,8H2,1-2H3. The average molecular weight is 279 g/mol. The van der Waals surface area contributed by atoms with E-state index in [0.717, 1.165) is 12.0 Å². The Balaban J connectivity index is 2.08. The Hall–Kier alpha value is -2.31. The molecule has 1 aromatic rings. The van der Waals surface area contributed by atoms with Gasteiger partial charge in [-0.1, -0.05) is 6.07 Å². The van der Waals surface area contributed by atoms with Crippen LogP contribution in [0.4, 0.5) is 16.2 Å². The van der Waals surface area contributed by atoms with Crippen molar-refractivity contribution >= 4 is 17.5 Å². The van der Waals surface area contributed by atoms with Crippen molar-refractivity contribution in [3.05, 3.63) is 33.9 Å². The summed E-state index contributed by atoms with van der Waals surface area (Å²) >= 11 is 0. The fraction of sp³-hybridized carbons (Fsp3) is 0.462. The predicted molar refractivity (Wildman–Crippen MR) is 73.8 cm³/mol. The number of ether oxygens (including phenoxy) is 1. The smallest absolute Gasteiger partial charge is 0.409 e. The fourth-order valence-electron chi connectivity index (χ4n) is 2.31. The van der Waals surface area contributed by atoms with Crippen LogP contribution in [0.3, 0.4) is 0 Å². The molecule has 0 aliphatic carbocycles. The van der Waals surface area contributed by atoms with Gasteiger partial charge in [0.2, 0.25) is 0 Å². The number of aryl methyl sites for hydroxylation is 1. The van der Waals surface area contributed by atoms with E-state index in [0.29, 0.717) is 18.8 Å². The minimum absolute atomic E-state index is 0.00416. The highest BCUT2D eigenvalue weighted by molar-refractivity contribution is 5.68. The molecule has 1 heterocycles. The van der Waals surface area contributed by atoms with Crippen LogP contribution in [-0.2, 0) is 4.74 Å². The van der Waals surface area contributed by atoms with Gasteiger partial charge in [0, 0.05) is 25.2 Å². The second kappa shape index (κ2) is 5.77. The molecule has 1 saturated heterocycles.